The molecule has 0 bridgehead atoms. The van der Waals surface area contributed by atoms with Crippen molar-refractivity contribution in [3.63, 3.8) is 0 Å². The number of rotatable bonds is 17. The Morgan fingerprint density at radius 2 is 1.03 bits per heavy atom. The van der Waals surface area contributed by atoms with Crippen molar-refractivity contribution in [3.05, 3.63) is 0 Å². The van der Waals surface area contributed by atoms with Crippen LogP contribution in [0.25, 0.3) is 0 Å². The predicted molar refractivity (Wildman–Crippen MR) is 132 cm³/mol. The van der Waals surface area contributed by atoms with Crippen LogP contribution in [0.15, 0.2) is 0 Å². The van der Waals surface area contributed by atoms with Gasteiger partial charge in [0, 0.05) is 0 Å². The quantitative estimate of drug-likeness (QED) is 0.0801. The van der Waals surface area contributed by atoms with Crippen molar-refractivity contribution in [2.75, 3.05) is 13.2 Å². The summed E-state index contributed by atoms with van der Waals surface area (Å²) in [6.07, 6.45) is -0.328. The number of aliphatic carboxylic acids is 2. The Labute approximate surface area is 224 Å². The Kier molecular flexibility index (Phi) is 15.2. The van der Waals surface area contributed by atoms with Gasteiger partial charge in [0.15, 0.2) is 0 Å². The number of carbonyl (C=O) groups is 7. The van der Waals surface area contributed by atoms with E-state index in [0.717, 1.165) is 0 Å². The van der Waals surface area contributed by atoms with Gasteiger partial charge in [-0.3, -0.25) is 28.8 Å². The molecule has 0 aliphatic carbocycles. The largest absolute Gasteiger partial charge is 0.481 e. The molecule has 0 spiro atoms. The van der Waals surface area contributed by atoms with Gasteiger partial charge < -0.3 is 52.7 Å². The van der Waals surface area contributed by atoms with Crippen molar-refractivity contribution in [2.45, 2.75) is 76.8 Å². The van der Waals surface area contributed by atoms with E-state index >= 15 is 0 Å². The number of amides is 5. The lowest BCUT2D eigenvalue weighted by Crippen LogP contribution is -2.59. The summed E-state index contributed by atoms with van der Waals surface area (Å²) < 4.78 is 0. The van der Waals surface area contributed by atoms with Crippen molar-refractivity contribution in [3.8, 4) is 0 Å². The number of carboxylic acid groups (broad SMARTS) is 2. The Hall–Kier alpha value is -3.83. The normalized spacial score (nSPS) is 16.2. The molecule has 0 aromatic rings. The number of carbonyl (C=O) groups excluding carboxylic acids is 5. The summed E-state index contributed by atoms with van der Waals surface area (Å²) in [5, 5.41) is 47.5. The van der Waals surface area contributed by atoms with Gasteiger partial charge in [-0.2, -0.15) is 0 Å². The number of aliphatic hydroxyl groups excluding tert-OH is 2. The summed E-state index contributed by atoms with van der Waals surface area (Å²) in [7, 11) is 0. The van der Waals surface area contributed by atoms with Gasteiger partial charge in [0.05, 0.1) is 25.7 Å². The van der Waals surface area contributed by atoms with Gasteiger partial charge in [-0.1, -0.05) is 20.3 Å². The molecule has 39 heavy (non-hydrogen) atoms. The first-order valence-electron chi connectivity index (χ1n) is 12.0. The van der Waals surface area contributed by atoms with Crippen molar-refractivity contribution in [1.29, 1.82) is 0 Å². The van der Waals surface area contributed by atoms with Crippen LogP contribution < -0.4 is 32.3 Å². The first-order valence-corrected chi connectivity index (χ1v) is 12.0. The van der Waals surface area contributed by atoms with Crippen molar-refractivity contribution >= 4 is 41.5 Å². The Morgan fingerprint density at radius 1 is 0.641 bits per heavy atom. The summed E-state index contributed by atoms with van der Waals surface area (Å²) >= 11 is 0. The third kappa shape index (κ3) is 12.1. The highest BCUT2D eigenvalue weighted by Gasteiger charge is 2.31. The highest BCUT2D eigenvalue weighted by Crippen LogP contribution is 2.05. The van der Waals surface area contributed by atoms with Gasteiger partial charge in [0.2, 0.25) is 29.5 Å². The predicted octanol–water partition coefficient (Wildman–Crippen LogP) is -4.63. The minimum atomic E-state index is -1.83. The van der Waals surface area contributed by atoms with Gasteiger partial charge in [0.25, 0.3) is 0 Å². The lowest BCUT2D eigenvalue weighted by atomic mass is 9.99. The molecule has 0 aromatic heterocycles. The summed E-state index contributed by atoms with van der Waals surface area (Å²) in [6, 6.07) is -8.39. The second-order valence-electron chi connectivity index (χ2n) is 8.86. The van der Waals surface area contributed by atoms with Crippen LogP contribution in [0.2, 0.25) is 0 Å². The molecule has 0 rings (SSSR count). The van der Waals surface area contributed by atoms with Crippen LogP contribution in [-0.2, 0) is 33.6 Å². The Bertz CT molecular complexity index is 915. The number of aliphatic hydroxyl groups is 2. The first-order chi connectivity index (χ1) is 18.1. The molecule has 0 aliphatic heterocycles. The van der Waals surface area contributed by atoms with Crippen LogP contribution in [0.5, 0.6) is 0 Å². The van der Waals surface area contributed by atoms with E-state index in [9.17, 15) is 43.8 Å². The number of nitrogens with two attached hydrogens (primary N) is 1. The van der Waals surface area contributed by atoms with Crippen LogP contribution >= 0.6 is 0 Å². The monoisotopic (exact) mass is 562 g/mol. The van der Waals surface area contributed by atoms with E-state index in [-0.39, 0.29) is 5.92 Å². The molecular weight excluding hydrogens is 524 g/mol. The molecule has 5 amide bonds. The summed E-state index contributed by atoms with van der Waals surface area (Å²) in [4.78, 5) is 83.6. The van der Waals surface area contributed by atoms with E-state index in [1.807, 2.05) is 12.2 Å². The van der Waals surface area contributed by atoms with Gasteiger partial charge >= 0.3 is 11.9 Å². The summed E-state index contributed by atoms with van der Waals surface area (Å²) in [6.45, 7) is 4.26. The second kappa shape index (κ2) is 16.9. The molecule has 0 saturated carbocycles. The molecule has 0 saturated heterocycles. The topological polar surface area (TPSA) is 287 Å². The highest BCUT2D eigenvalue weighted by atomic mass is 16.4. The maximum atomic E-state index is 12.5. The number of hydrogen-bond donors (Lipinski definition) is 10. The molecule has 17 heteroatoms. The van der Waals surface area contributed by atoms with Gasteiger partial charge in [-0.05, 0) is 19.8 Å². The van der Waals surface area contributed by atoms with Crippen molar-refractivity contribution < 1.29 is 54.0 Å². The molecule has 0 heterocycles. The fourth-order valence-electron chi connectivity index (χ4n) is 2.90. The number of carboxylic acids is 2. The molecule has 0 radical (unpaired) electrons. The van der Waals surface area contributed by atoms with Gasteiger partial charge in [-0.15, -0.1) is 0 Å². The molecule has 222 valence electrons. The van der Waals surface area contributed by atoms with E-state index in [0.29, 0.717) is 6.42 Å². The average molecular weight is 563 g/mol. The molecule has 0 unspecified atom stereocenters. The average Bonchev–Trinajstić information content (AvgIpc) is 2.87. The van der Waals surface area contributed by atoms with Gasteiger partial charge in [-0.25, -0.2) is 4.79 Å². The lowest BCUT2D eigenvalue weighted by Gasteiger charge is -2.24. The van der Waals surface area contributed by atoms with E-state index in [1.54, 1.807) is 6.92 Å². The third-order valence-electron chi connectivity index (χ3n) is 5.69. The van der Waals surface area contributed by atoms with Crippen LogP contribution in [-0.4, -0.2) is 111 Å². The van der Waals surface area contributed by atoms with E-state index in [4.69, 9.17) is 15.9 Å². The molecule has 17 nitrogen and oxygen atoms in total. The van der Waals surface area contributed by atoms with Crippen LogP contribution in [0.1, 0.15) is 40.5 Å². The molecule has 0 aliphatic rings. The lowest BCUT2D eigenvalue weighted by molar-refractivity contribution is -0.147. The van der Waals surface area contributed by atoms with Crippen LogP contribution in [0, 0.1) is 5.92 Å². The smallest absolute Gasteiger partial charge is 0.326 e. The minimum absolute atomic E-state index is 0.149. The maximum Gasteiger partial charge on any atom is 0.326 e. The van der Waals surface area contributed by atoms with E-state index in [1.165, 1.54) is 13.8 Å². The van der Waals surface area contributed by atoms with Gasteiger partial charge in [0.1, 0.15) is 30.2 Å². The zero-order valence-electron chi connectivity index (χ0n) is 22.1. The maximum absolute atomic E-state index is 12.5. The third-order valence-corrected chi connectivity index (χ3v) is 5.69. The fourth-order valence-corrected chi connectivity index (χ4v) is 2.90. The number of nitrogens with one attached hydrogen (secondary N) is 5. The molecular formula is C22H38N6O11. The SMILES string of the molecule is CC[C@H](C)[C@H](N)C(=O)N[C@@H](C)C(=O)N[C@@H](CO)C(=O)N[C@@H](C)C(=O)N[C@@H](CO)C(=O)N[C@@H](CC(=O)O)C(=O)O. The molecule has 7 atom stereocenters. The Balaban J connectivity index is 5.07. The minimum Gasteiger partial charge on any atom is -0.481 e. The summed E-state index contributed by atoms with van der Waals surface area (Å²) in [5.41, 5.74) is 5.82. The molecule has 11 N–H and O–H groups in total. The second-order valence-corrected chi connectivity index (χ2v) is 8.86. The standard InChI is InChI=1S/C22H38N6O11/c1-5-9(2)16(23)21(37)25-11(4)18(34)27-13(7-29)19(35)24-10(3)17(33)28-14(8-30)20(36)26-12(22(38)39)6-15(31)32/h9-14,16,29-30H,5-8,23H2,1-4H3,(H,24,35)(H,25,37)(H,26,36)(H,27,34)(H,28,33)(H,31,32)(H,38,39)/t9-,10-,11-,12-,13-,14-,16-/m0/s1. The fraction of sp³-hybridized carbons (Fsp3) is 0.682. The van der Waals surface area contributed by atoms with Crippen molar-refractivity contribution in [1.82, 2.24) is 26.6 Å². The number of hydrogen-bond acceptors (Lipinski definition) is 10. The zero-order chi connectivity index (χ0) is 30.4. The molecule has 0 fully saturated rings. The highest BCUT2D eigenvalue weighted by molar-refractivity contribution is 5.96. The van der Waals surface area contributed by atoms with E-state index < -0.39 is 97.4 Å². The summed E-state index contributed by atoms with van der Waals surface area (Å²) in [5.74, 6) is -7.92. The zero-order valence-corrected chi connectivity index (χ0v) is 22.1. The molecule has 0 aromatic carbocycles. The Morgan fingerprint density at radius 3 is 1.38 bits per heavy atom. The van der Waals surface area contributed by atoms with Crippen molar-refractivity contribution in [2.24, 2.45) is 11.7 Å². The van der Waals surface area contributed by atoms with E-state index in [2.05, 4.69) is 21.3 Å². The first kappa shape index (κ1) is 35.2. The van der Waals surface area contributed by atoms with Crippen LogP contribution in [0.3, 0.4) is 0 Å². The van der Waals surface area contributed by atoms with Crippen LogP contribution in [0.4, 0.5) is 0 Å².